The second-order valence-electron chi connectivity index (χ2n) is 4.23. The fraction of sp³-hybridized carbons (Fsp3) is 0.267. The molecule has 0 aliphatic rings. The summed E-state index contributed by atoms with van der Waals surface area (Å²) in [6, 6.07) is 12.6. The minimum Gasteiger partial charge on any atom is -0.373 e. The van der Waals surface area contributed by atoms with E-state index in [1.165, 1.54) is 11.3 Å². The molecule has 1 aromatic heterocycles. The van der Waals surface area contributed by atoms with E-state index in [-0.39, 0.29) is 0 Å². The van der Waals surface area contributed by atoms with E-state index in [0.717, 1.165) is 18.1 Å². The third-order valence-corrected chi connectivity index (χ3v) is 2.94. The van der Waals surface area contributed by atoms with Crippen molar-refractivity contribution in [3.8, 4) is 0 Å². The monoisotopic (exact) mass is 241 g/mol. The summed E-state index contributed by atoms with van der Waals surface area (Å²) < 4.78 is 0. The average Bonchev–Trinajstić information content (AvgIpc) is 2.40. The molecule has 3 nitrogen and oxygen atoms in total. The standard InChI is InChI=1S/C15H19N3/c1-4-18(13-7-5-6-12(2)10-13)14-8-9-17-15(11-14)16-3/h5-11H,4H2,1-3H3,(H,16,17). The fourth-order valence-electron chi connectivity index (χ4n) is 2.03. The molecule has 18 heavy (non-hydrogen) atoms. The van der Waals surface area contributed by atoms with Gasteiger partial charge in [-0.2, -0.15) is 0 Å². The largest absolute Gasteiger partial charge is 0.373 e. The summed E-state index contributed by atoms with van der Waals surface area (Å²) in [5, 5.41) is 3.07. The maximum absolute atomic E-state index is 4.25. The van der Waals surface area contributed by atoms with Crippen LogP contribution in [-0.2, 0) is 0 Å². The Hall–Kier alpha value is -2.03. The minimum absolute atomic E-state index is 0.888. The Morgan fingerprint density at radius 1 is 1.17 bits per heavy atom. The van der Waals surface area contributed by atoms with E-state index in [1.54, 1.807) is 0 Å². The van der Waals surface area contributed by atoms with Crippen molar-refractivity contribution in [3.05, 3.63) is 48.2 Å². The minimum atomic E-state index is 0.888. The molecule has 1 aromatic carbocycles. The molecule has 0 fully saturated rings. The summed E-state index contributed by atoms with van der Waals surface area (Å²) in [7, 11) is 1.88. The van der Waals surface area contributed by atoms with Crippen molar-refractivity contribution in [1.29, 1.82) is 0 Å². The normalized spacial score (nSPS) is 10.2. The lowest BCUT2D eigenvalue weighted by Gasteiger charge is -2.24. The molecule has 0 aliphatic heterocycles. The van der Waals surface area contributed by atoms with Crippen LogP contribution >= 0.6 is 0 Å². The van der Waals surface area contributed by atoms with E-state index in [9.17, 15) is 0 Å². The van der Waals surface area contributed by atoms with Crippen molar-refractivity contribution in [2.24, 2.45) is 0 Å². The van der Waals surface area contributed by atoms with Crippen LogP contribution in [0, 0.1) is 6.92 Å². The molecule has 0 radical (unpaired) electrons. The van der Waals surface area contributed by atoms with Gasteiger partial charge in [-0.25, -0.2) is 4.98 Å². The van der Waals surface area contributed by atoms with E-state index in [2.05, 4.69) is 59.4 Å². The zero-order valence-corrected chi connectivity index (χ0v) is 11.1. The summed E-state index contributed by atoms with van der Waals surface area (Å²) in [6.45, 7) is 5.20. The maximum Gasteiger partial charge on any atom is 0.127 e. The quantitative estimate of drug-likeness (QED) is 0.886. The van der Waals surface area contributed by atoms with E-state index < -0.39 is 0 Å². The summed E-state index contributed by atoms with van der Waals surface area (Å²) in [6.07, 6.45) is 1.83. The van der Waals surface area contributed by atoms with Crippen molar-refractivity contribution in [3.63, 3.8) is 0 Å². The predicted octanol–water partition coefficient (Wildman–Crippen LogP) is 3.59. The molecule has 2 aromatic rings. The van der Waals surface area contributed by atoms with Crippen molar-refractivity contribution >= 4 is 17.2 Å². The van der Waals surface area contributed by atoms with Gasteiger partial charge in [0.15, 0.2) is 0 Å². The second-order valence-corrected chi connectivity index (χ2v) is 4.23. The molecule has 0 amide bonds. The van der Waals surface area contributed by atoms with Crippen LogP contribution in [0.5, 0.6) is 0 Å². The Bertz CT molecular complexity index is 523. The molecule has 94 valence electrons. The van der Waals surface area contributed by atoms with Gasteiger partial charge in [-0.15, -0.1) is 0 Å². The molecule has 0 spiro atoms. The number of benzene rings is 1. The molecule has 0 atom stereocenters. The first kappa shape index (κ1) is 12.4. The van der Waals surface area contributed by atoms with Gasteiger partial charge in [-0.1, -0.05) is 12.1 Å². The average molecular weight is 241 g/mol. The summed E-state index contributed by atoms with van der Waals surface area (Å²) in [4.78, 5) is 6.52. The number of anilines is 3. The van der Waals surface area contributed by atoms with E-state index in [4.69, 9.17) is 0 Å². The first-order valence-corrected chi connectivity index (χ1v) is 6.22. The van der Waals surface area contributed by atoms with Gasteiger partial charge in [-0.3, -0.25) is 0 Å². The van der Waals surface area contributed by atoms with Gasteiger partial charge in [0.25, 0.3) is 0 Å². The number of nitrogens with zero attached hydrogens (tertiary/aromatic N) is 2. The van der Waals surface area contributed by atoms with Crippen LogP contribution in [0.4, 0.5) is 17.2 Å². The number of aryl methyl sites for hydroxylation is 1. The van der Waals surface area contributed by atoms with Gasteiger partial charge in [0, 0.05) is 37.2 Å². The smallest absolute Gasteiger partial charge is 0.127 e. The number of aromatic nitrogens is 1. The van der Waals surface area contributed by atoms with Crippen LogP contribution in [0.15, 0.2) is 42.6 Å². The molecule has 1 N–H and O–H groups in total. The zero-order valence-electron chi connectivity index (χ0n) is 11.1. The molecular formula is C15H19N3. The number of nitrogens with one attached hydrogen (secondary N) is 1. The van der Waals surface area contributed by atoms with Crippen molar-refractivity contribution < 1.29 is 0 Å². The molecule has 3 heteroatoms. The lowest BCUT2D eigenvalue weighted by Crippen LogP contribution is -2.16. The van der Waals surface area contributed by atoms with Gasteiger partial charge in [0.1, 0.15) is 5.82 Å². The van der Waals surface area contributed by atoms with Crippen LogP contribution in [0.3, 0.4) is 0 Å². The highest BCUT2D eigenvalue weighted by Crippen LogP contribution is 2.26. The number of pyridine rings is 1. The van der Waals surface area contributed by atoms with Crippen molar-refractivity contribution in [2.75, 3.05) is 23.8 Å². The fourth-order valence-corrected chi connectivity index (χ4v) is 2.03. The zero-order chi connectivity index (χ0) is 13.0. The lowest BCUT2D eigenvalue weighted by atomic mass is 10.2. The first-order chi connectivity index (χ1) is 8.74. The first-order valence-electron chi connectivity index (χ1n) is 6.22. The summed E-state index contributed by atoms with van der Waals surface area (Å²) in [5.74, 6) is 0.888. The highest BCUT2D eigenvalue weighted by Gasteiger charge is 2.07. The van der Waals surface area contributed by atoms with Crippen LogP contribution in [0.2, 0.25) is 0 Å². The van der Waals surface area contributed by atoms with Crippen LogP contribution in [0.25, 0.3) is 0 Å². The van der Waals surface area contributed by atoms with E-state index >= 15 is 0 Å². The van der Waals surface area contributed by atoms with Gasteiger partial charge in [0.05, 0.1) is 0 Å². The Morgan fingerprint density at radius 3 is 2.61 bits per heavy atom. The second kappa shape index (κ2) is 5.54. The molecule has 0 unspecified atom stereocenters. The van der Waals surface area contributed by atoms with Crippen LogP contribution < -0.4 is 10.2 Å². The van der Waals surface area contributed by atoms with Gasteiger partial charge < -0.3 is 10.2 Å². The predicted molar refractivity (Wildman–Crippen MR) is 77.6 cm³/mol. The third-order valence-electron chi connectivity index (χ3n) is 2.94. The Balaban J connectivity index is 2.38. The van der Waals surface area contributed by atoms with Gasteiger partial charge in [-0.05, 0) is 37.6 Å². The van der Waals surface area contributed by atoms with Crippen LogP contribution in [-0.4, -0.2) is 18.6 Å². The molecule has 0 bridgehead atoms. The molecule has 1 heterocycles. The molecule has 0 aliphatic carbocycles. The summed E-state index contributed by atoms with van der Waals surface area (Å²) >= 11 is 0. The van der Waals surface area contributed by atoms with Crippen LogP contribution in [0.1, 0.15) is 12.5 Å². The van der Waals surface area contributed by atoms with E-state index in [0.29, 0.717) is 0 Å². The van der Waals surface area contributed by atoms with Gasteiger partial charge >= 0.3 is 0 Å². The molecular weight excluding hydrogens is 222 g/mol. The number of rotatable bonds is 4. The molecule has 2 rings (SSSR count). The van der Waals surface area contributed by atoms with Crippen molar-refractivity contribution in [1.82, 2.24) is 4.98 Å². The number of hydrogen-bond donors (Lipinski definition) is 1. The SMILES string of the molecule is CCN(c1cccc(C)c1)c1ccnc(NC)c1. The molecule has 0 saturated heterocycles. The van der Waals surface area contributed by atoms with E-state index in [1.807, 2.05) is 19.3 Å². The molecule has 0 saturated carbocycles. The summed E-state index contributed by atoms with van der Waals surface area (Å²) in [5.41, 5.74) is 3.64. The van der Waals surface area contributed by atoms with Gasteiger partial charge in [0.2, 0.25) is 0 Å². The third kappa shape index (κ3) is 2.62. The number of hydrogen-bond acceptors (Lipinski definition) is 3. The topological polar surface area (TPSA) is 28.2 Å². The lowest BCUT2D eigenvalue weighted by molar-refractivity contribution is 1.02. The Kier molecular flexibility index (Phi) is 3.82. The Morgan fingerprint density at radius 2 is 1.94 bits per heavy atom. The highest BCUT2D eigenvalue weighted by molar-refractivity contribution is 5.65. The Labute approximate surface area is 108 Å². The maximum atomic E-state index is 4.25. The van der Waals surface area contributed by atoms with Crippen molar-refractivity contribution in [2.45, 2.75) is 13.8 Å². The highest BCUT2D eigenvalue weighted by atomic mass is 15.1.